The highest BCUT2D eigenvalue weighted by atomic mass is 32.1. The fourth-order valence-corrected chi connectivity index (χ4v) is 13.3. The van der Waals surface area contributed by atoms with Gasteiger partial charge in [-0.1, -0.05) is 194 Å². The van der Waals surface area contributed by atoms with Gasteiger partial charge in [0.1, 0.15) is 10.0 Å². The van der Waals surface area contributed by atoms with E-state index in [1.54, 1.807) is 0 Å². The number of thiophene rings is 2. The van der Waals surface area contributed by atoms with Gasteiger partial charge < -0.3 is 9.80 Å². The Morgan fingerprint density at radius 1 is 0.265 bits per heavy atom. The van der Waals surface area contributed by atoms with Crippen LogP contribution in [0.25, 0.3) is 96.6 Å². The number of rotatable bonds is 9. The van der Waals surface area contributed by atoms with E-state index in [0.29, 0.717) is 0 Å². The number of anilines is 6. The minimum Gasteiger partial charge on any atom is -0.301 e. The third-order valence-corrected chi connectivity index (χ3v) is 16.2. The Balaban J connectivity index is 1.03. The lowest BCUT2D eigenvalue weighted by Crippen LogP contribution is -2.09. The number of hydrogen-bond donors (Lipinski definition) is 0. The maximum atomic E-state index is 2.49. The Kier molecular flexibility index (Phi) is 8.98. The van der Waals surface area contributed by atoms with Gasteiger partial charge in [0, 0.05) is 33.3 Å². The van der Waals surface area contributed by atoms with E-state index in [4.69, 9.17) is 0 Å². The van der Waals surface area contributed by atoms with Gasteiger partial charge in [0.05, 0.1) is 21.1 Å². The van der Waals surface area contributed by atoms with Gasteiger partial charge in [-0.25, -0.2) is 0 Å². The average Bonchev–Trinajstić information content (AvgIpc) is 4.05. The highest BCUT2D eigenvalue weighted by Crippen LogP contribution is 2.56. The van der Waals surface area contributed by atoms with Crippen LogP contribution < -0.4 is 9.80 Å². The molecule has 2 aromatic heterocycles. The van der Waals surface area contributed by atoms with Gasteiger partial charge in [-0.05, 0) is 114 Å². The third kappa shape index (κ3) is 6.15. The number of nitrogens with zero attached hydrogens (tertiary/aromatic N) is 2. The molecule has 0 saturated heterocycles. The maximum absolute atomic E-state index is 2.49. The van der Waals surface area contributed by atoms with Crippen LogP contribution in [0, 0.1) is 0 Å². The standard InChI is InChI=1S/C64H40N2S2/c1-5-15-41(16-6-1)53-39-57(65(49-23-9-3-10-24-49)55-37-33-47-29-27-43-19-13-21-45-31-35-51(55)61(47)59(43)45)67-63(53)64-54(42-17-7-2-8-18-42)40-58(68-64)66(50-25-11-4-12-26-50)56-38-34-48-30-28-44-20-14-22-46-32-36-52(56)62(48)60(44)46/h1-40H. The third-order valence-electron chi connectivity index (χ3n) is 13.8. The normalized spacial score (nSPS) is 11.8. The van der Waals surface area contributed by atoms with E-state index in [1.807, 2.05) is 22.7 Å². The van der Waals surface area contributed by atoms with Crippen LogP contribution in [0.2, 0.25) is 0 Å². The van der Waals surface area contributed by atoms with Crippen LogP contribution in [0.4, 0.5) is 32.8 Å². The van der Waals surface area contributed by atoms with Crippen molar-refractivity contribution in [3.05, 3.63) is 243 Å². The topological polar surface area (TPSA) is 6.48 Å². The van der Waals surface area contributed by atoms with Crippen molar-refractivity contribution in [2.75, 3.05) is 9.80 Å². The second-order valence-corrected chi connectivity index (χ2v) is 19.7. The second-order valence-electron chi connectivity index (χ2n) is 17.6. The van der Waals surface area contributed by atoms with Crippen molar-refractivity contribution in [2.24, 2.45) is 0 Å². The fourth-order valence-electron chi connectivity index (χ4n) is 10.7. The molecule has 0 amide bonds. The van der Waals surface area contributed by atoms with Crippen molar-refractivity contribution in [2.45, 2.75) is 0 Å². The van der Waals surface area contributed by atoms with E-state index in [9.17, 15) is 0 Å². The van der Waals surface area contributed by atoms with E-state index in [0.717, 1.165) is 32.8 Å². The molecule has 0 atom stereocenters. The Labute approximate surface area is 402 Å². The molecule has 2 nitrogen and oxygen atoms in total. The molecule has 14 rings (SSSR count). The minimum atomic E-state index is 1.12. The molecule has 0 bridgehead atoms. The predicted octanol–water partition coefficient (Wildman–Crippen LogP) is 19.5. The Bertz CT molecular complexity index is 3840. The molecule has 318 valence electrons. The molecule has 0 aliphatic rings. The zero-order valence-corrected chi connectivity index (χ0v) is 38.4. The number of hydrogen-bond acceptors (Lipinski definition) is 4. The molecule has 0 fully saturated rings. The molecule has 0 aliphatic heterocycles. The smallest absolute Gasteiger partial charge is 0.101 e. The summed E-state index contributed by atoms with van der Waals surface area (Å²) in [5.41, 5.74) is 9.36. The zero-order valence-electron chi connectivity index (χ0n) is 36.8. The first kappa shape index (κ1) is 38.9. The summed E-state index contributed by atoms with van der Waals surface area (Å²) in [6, 6.07) is 89.5. The first-order valence-electron chi connectivity index (χ1n) is 23.2. The largest absolute Gasteiger partial charge is 0.301 e. The summed E-state index contributed by atoms with van der Waals surface area (Å²) < 4.78 is 0. The maximum Gasteiger partial charge on any atom is 0.101 e. The molecule has 0 spiro atoms. The lowest BCUT2D eigenvalue weighted by molar-refractivity contribution is 1.33. The van der Waals surface area contributed by atoms with Crippen molar-refractivity contribution in [1.82, 2.24) is 0 Å². The molecule has 0 N–H and O–H groups in total. The van der Waals surface area contributed by atoms with E-state index in [2.05, 4.69) is 252 Å². The van der Waals surface area contributed by atoms with Gasteiger partial charge in [-0.2, -0.15) is 0 Å². The SMILES string of the molecule is c1ccc(-c2cc(N(c3ccccc3)c3ccc4ccc5cccc6ccc3c4c56)sc2-c2sc(N(c3ccccc3)c3ccc4ccc5cccc6ccc3c4c56)cc2-c2ccccc2)cc1. The van der Waals surface area contributed by atoms with Crippen LogP contribution >= 0.6 is 22.7 Å². The van der Waals surface area contributed by atoms with Gasteiger partial charge in [-0.15, -0.1) is 22.7 Å². The Hall–Kier alpha value is -8.28. The summed E-state index contributed by atoms with van der Waals surface area (Å²) in [4.78, 5) is 7.46. The summed E-state index contributed by atoms with van der Waals surface area (Å²) in [6.45, 7) is 0. The molecule has 12 aromatic carbocycles. The van der Waals surface area contributed by atoms with Crippen molar-refractivity contribution in [3.63, 3.8) is 0 Å². The van der Waals surface area contributed by atoms with E-state index in [1.165, 1.54) is 96.6 Å². The highest BCUT2D eigenvalue weighted by Gasteiger charge is 2.28. The van der Waals surface area contributed by atoms with E-state index < -0.39 is 0 Å². The van der Waals surface area contributed by atoms with E-state index >= 15 is 0 Å². The quantitative estimate of drug-likeness (QED) is 0.133. The summed E-state index contributed by atoms with van der Waals surface area (Å²) in [5.74, 6) is 0. The molecule has 0 radical (unpaired) electrons. The zero-order chi connectivity index (χ0) is 44.7. The monoisotopic (exact) mass is 900 g/mol. The van der Waals surface area contributed by atoms with Crippen LogP contribution in [0.1, 0.15) is 0 Å². The van der Waals surface area contributed by atoms with Crippen LogP contribution in [0.5, 0.6) is 0 Å². The lowest BCUT2D eigenvalue weighted by Gasteiger charge is -2.26. The minimum absolute atomic E-state index is 1.12. The van der Waals surface area contributed by atoms with Gasteiger partial charge in [0.2, 0.25) is 0 Å². The van der Waals surface area contributed by atoms with Gasteiger partial charge in [0.15, 0.2) is 0 Å². The van der Waals surface area contributed by atoms with Gasteiger partial charge in [-0.3, -0.25) is 0 Å². The van der Waals surface area contributed by atoms with Gasteiger partial charge in [0.25, 0.3) is 0 Å². The lowest BCUT2D eigenvalue weighted by atomic mass is 9.93. The van der Waals surface area contributed by atoms with E-state index in [-0.39, 0.29) is 0 Å². The molecule has 0 saturated carbocycles. The van der Waals surface area contributed by atoms with Crippen LogP contribution in [-0.4, -0.2) is 0 Å². The van der Waals surface area contributed by atoms with Crippen molar-refractivity contribution < 1.29 is 0 Å². The molecule has 68 heavy (non-hydrogen) atoms. The van der Waals surface area contributed by atoms with Crippen molar-refractivity contribution >= 4 is 120 Å². The van der Waals surface area contributed by atoms with Crippen LogP contribution in [0.3, 0.4) is 0 Å². The first-order chi connectivity index (χ1) is 33.7. The molecular formula is C64H40N2S2. The molecular weight excluding hydrogens is 861 g/mol. The average molecular weight is 901 g/mol. The van der Waals surface area contributed by atoms with Gasteiger partial charge >= 0.3 is 0 Å². The predicted molar refractivity (Wildman–Crippen MR) is 295 cm³/mol. The number of benzene rings is 12. The van der Waals surface area contributed by atoms with Crippen LogP contribution in [0.15, 0.2) is 243 Å². The Morgan fingerprint density at radius 2 is 0.588 bits per heavy atom. The highest BCUT2D eigenvalue weighted by molar-refractivity contribution is 7.26. The fraction of sp³-hybridized carbons (Fsp3) is 0. The summed E-state index contributed by atoms with van der Waals surface area (Å²) in [5, 5.41) is 17.6. The molecule has 0 aliphatic carbocycles. The molecule has 0 unspecified atom stereocenters. The first-order valence-corrected chi connectivity index (χ1v) is 24.8. The van der Waals surface area contributed by atoms with Crippen molar-refractivity contribution in [1.29, 1.82) is 0 Å². The van der Waals surface area contributed by atoms with Crippen molar-refractivity contribution in [3.8, 4) is 32.0 Å². The second kappa shape index (κ2) is 15.7. The number of para-hydroxylation sites is 2. The molecule has 2 heterocycles. The van der Waals surface area contributed by atoms with Crippen LogP contribution in [-0.2, 0) is 0 Å². The Morgan fingerprint density at radius 3 is 0.971 bits per heavy atom. The summed E-state index contributed by atoms with van der Waals surface area (Å²) in [7, 11) is 0. The molecule has 4 heteroatoms. The molecule has 14 aromatic rings. The summed E-state index contributed by atoms with van der Waals surface area (Å²) >= 11 is 3.75. The summed E-state index contributed by atoms with van der Waals surface area (Å²) in [6.07, 6.45) is 0.